The van der Waals surface area contributed by atoms with Gasteiger partial charge in [0.2, 0.25) is 11.7 Å². The van der Waals surface area contributed by atoms with Crippen molar-refractivity contribution in [2.24, 2.45) is 5.73 Å². The van der Waals surface area contributed by atoms with Crippen LogP contribution in [0.15, 0.2) is 12.1 Å². The molecule has 2 N–H and O–H groups in total. The molecule has 0 saturated heterocycles. The van der Waals surface area contributed by atoms with E-state index in [9.17, 15) is 4.79 Å². The zero-order valence-electron chi connectivity index (χ0n) is 11.9. The zero-order chi connectivity index (χ0) is 14.4. The van der Waals surface area contributed by atoms with Gasteiger partial charge in [0, 0.05) is 5.56 Å². The van der Waals surface area contributed by atoms with Crippen LogP contribution in [-0.2, 0) is 0 Å². The third-order valence-corrected chi connectivity index (χ3v) is 2.76. The molecular weight excluding hydrogens is 246 g/mol. The van der Waals surface area contributed by atoms with Crippen molar-refractivity contribution in [3.05, 3.63) is 17.7 Å². The van der Waals surface area contributed by atoms with E-state index < -0.39 is 5.91 Å². The minimum Gasteiger partial charge on any atom is -0.493 e. The van der Waals surface area contributed by atoms with Gasteiger partial charge < -0.3 is 19.9 Å². The maximum absolute atomic E-state index is 11.2. The molecule has 0 aliphatic rings. The number of carbonyl (C=O) groups is 1. The molecule has 106 valence electrons. The Morgan fingerprint density at radius 3 is 2.16 bits per heavy atom. The van der Waals surface area contributed by atoms with Crippen LogP contribution in [0.3, 0.4) is 0 Å². The number of hydrogen-bond acceptors (Lipinski definition) is 4. The lowest BCUT2D eigenvalue weighted by Gasteiger charge is -2.19. The van der Waals surface area contributed by atoms with Crippen molar-refractivity contribution in [3.8, 4) is 17.2 Å². The molecule has 1 atom stereocenters. The number of rotatable bonds is 7. The predicted molar refractivity (Wildman–Crippen MR) is 73.1 cm³/mol. The second-order valence-electron chi connectivity index (χ2n) is 4.29. The predicted octanol–water partition coefficient (Wildman–Crippen LogP) is 2.37. The Morgan fingerprint density at radius 2 is 1.79 bits per heavy atom. The van der Waals surface area contributed by atoms with Crippen molar-refractivity contribution in [1.29, 1.82) is 0 Å². The first kappa shape index (κ1) is 15.1. The molecule has 0 fully saturated rings. The molecule has 19 heavy (non-hydrogen) atoms. The topological polar surface area (TPSA) is 70.8 Å². The first-order valence-corrected chi connectivity index (χ1v) is 6.25. The smallest absolute Gasteiger partial charge is 0.248 e. The Labute approximate surface area is 113 Å². The molecule has 1 rings (SSSR count). The van der Waals surface area contributed by atoms with Gasteiger partial charge in [0.25, 0.3) is 0 Å². The second-order valence-corrected chi connectivity index (χ2v) is 4.29. The average molecular weight is 267 g/mol. The molecule has 0 aliphatic heterocycles. The van der Waals surface area contributed by atoms with E-state index in [1.54, 1.807) is 12.1 Å². The Kier molecular flexibility index (Phi) is 5.48. The van der Waals surface area contributed by atoms with E-state index in [4.69, 9.17) is 19.9 Å². The highest BCUT2D eigenvalue weighted by molar-refractivity contribution is 5.94. The number of benzene rings is 1. The van der Waals surface area contributed by atoms with Crippen molar-refractivity contribution in [2.45, 2.75) is 32.8 Å². The number of methoxy groups -OCH3 is 2. The van der Waals surface area contributed by atoms with E-state index in [1.807, 2.05) is 6.92 Å². The highest BCUT2D eigenvalue weighted by Gasteiger charge is 2.18. The fourth-order valence-electron chi connectivity index (χ4n) is 1.80. The summed E-state index contributed by atoms with van der Waals surface area (Å²) in [5, 5.41) is 0. The highest BCUT2D eigenvalue weighted by Crippen LogP contribution is 2.39. The highest BCUT2D eigenvalue weighted by atomic mass is 16.5. The number of carbonyl (C=O) groups excluding carboxylic acids is 1. The van der Waals surface area contributed by atoms with Crippen LogP contribution in [0.4, 0.5) is 0 Å². The molecule has 0 heterocycles. The van der Waals surface area contributed by atoms with Crippen LogP contribution in [-0.4, -0.2) is 26.2 Å². The molecule has 1 aromatic rings. The monoisotopic (exact) mass is 267 g/mol. The summed E-state index contributed by atoms with van der Waals surface area (Å²) >= 11 is 0. The van der Waals surface area contributed by atoms with Gasteiger partial charge in [-0.1, -0.05) is 13.3 Å². The van der Waals surface area contributed by atoms with Crippen LogP contribution in [0.2, 0.25) is 0 Å². The molecule has 0 aromatic heterocycles. The standard InChI is InChI=1S/C14H21NO4/c1-5-6-9(2)19-13-11(17-3)7-10(14(15)16)8-12(13)18-4/h7-9H,5-6H2,1-4H3,(H2,15,16). The molecule has 5 heteroatoms. The van der Waals surface area contributed by atoms with Gasteiger partial charge in [-0.2, -0.15) is 0 Å². The number of primary amides is 1. The number of amides is 1. The first-order chi connectivity index (χ1) is 9.03. The van der Waals surface area contributed by atoms with E-state index in [-0.39, 0.29) is 6.10 Å². The number of nitrogens with two attached hydrogens (primary N) is 1. The quantitative estimate of drug-likeness (QED) is 0.823. The van der Waals surface area contributed by atoms with Crippen molar-refractivity contribution in [1.82, 2.24) is 0 Å². The fourth-order valence-corrected chi connectivity index (χ4v) is 1.80. The van der Waals surface area contributed by atoms with Gasteiger partial charge in [-0.25, -0.2) is 0 Å². The molecule has 0 spiro atoms. The van der Waals surface area contributed by atoms with E-state index >= 15 is 0 Å². The summed E-state index contributed by atoms with van der Waals surface area (Å²) in [4.78, 5) is 11.2. The van der Waals surface area contributed by atoms with Crippen LogP contribution in [0.1, 0.15) is 37.0 Å². The summed E-state index contributed by atoms with van der Waals surface area (Å²) in [5.41, 5.74) is 5.59. The van der Waals surface area contributed by atoms with Gasteiger partial charge in [0.1, 0.15) is 0 Å². The summed E-state index contributed by atoms with van der Waals surface area (Å²) in [6, 6.07) is 3.11. The molecule has 0 radical (unpaired) electrons. The maximum atomic E-state index is 11.2. The molecule has 5 nitrogen and oxygen atoms in total. The summed E-state index contributed by atoms with van der Waals surface area (Å²) in [6.45, 7) is 4.06. The van der Waals surface area contributed by atoms with Gasteiger partial charge in [-0.05, 0) is 25.5 Å². The third kappa shape index (κ3) is 3.77. The van der Waals surface area contributed by atoms with Crippen LogP contribution in [0.5, 0.6) is 17.2 Å². The van der Waals surface area contributed by atoms with E-state index in [1.165, 1.54) is 14.2 Å². The molecular formula is C14H21NO4. The van der Waals surface area contributed by atoms with Gasteiger partial charge in [-0.3, -0.25) is 4.79 Å². The summed E-state index contributed by atoms with van der Waals surface area (Å²) < 4.78 is 16.3. The maximum Gasteiger partial charge on any atom is 0.248 e. The minimum absolute atomic E-state index is 0.0345. The Bertz CT molecular complexity index is 420. The Hall–Kier alpha value is -1.91. The largest absolute Gasteiger partial charge is 0.493 e. The molecule has 1 amide bonds. The summed E-state index contributed by atoms with van der Waals surface area (Å²) in [6.07, 6.45) is 1.97. The Morgan fingerprint density at radius 1 is 1.26 bits per heavy atom. The minimum atomic E-state index is -0.537. The van der Waals surface area contributed by atoms with Crippen LogP contribution in [0.25, 0.3) is 0 Å². The van der Waals surface area contributed by atoms with Crippen molar-refractivity contribution in [3.63, 3.8) is 0 Å². The summed E-state index contributed by atoms with van der Waals surface area (Å²) in [5.74, 6) is 0.841. The van der Waals surface area contributed by atoms with Crippen LogP contribution in [0, 0.1) is 0 Å². The SMILES string of the molecule is CCCC(C)Oc1c(OC)cc(C(N)=O)cc1OC. The van der Waals surface area contributed by atoms with Crippen molar-refractivity contribution < 1.29 is 19.0 Å². The van der Waals surface area contributed by atoms with Crippen LogP contribution < -0.4 is 19.9 Å². The molecule has 0 aliphatic carbocycles. The lowest BCUT2D eigenvalue weighted by Crippen LogP contribution is -2.15. The van der Waals surface area contributed by atoms with Crippen molar-refractivity contribution >= 4 is 5.91 Å². The number of ether oxygens (including phenoxy) is 3. The fraction of sp³-hybridized carbons (Fsp3) is 0.500. The Balaban J connectivity index is 3.16. The first-order valence-electron chi connectivity index (χ1n) is 6.25. The van der Waals surface area contributed by atoms with Crippen LogP contribution >= 0.6 is 0 Å². The van der Waals surface area contributed by atoms with Gasteiger partial charge in [0.05, 0.1) is 20.3 Å². The van der Waals surface area contributed by atoms with Gasteiger partial charge in [-0.15, -0.1) is 0 Å². The van der Waals surface area contributed by atoms with E-state index in [0.717, 1.165) is 12.8 Å². The molecule has 1 unspecified atom stereocenters. The normalized spacial score (nSPS) is 11.8. The van der Waals surface area contributed by atoms with E-state index in [0.29, 0.717) is 22.8 Å². The molecule has 1 aromatic carbocycles. The third-order valence-electron chi connectivity index (χ3n) is 2.76. The van der Waals surface area contributed by atoms with Gasteiger partial charge in [0.15, 0.2) is 11.5 Å². The lowest BCUT2D eigenvalue weighted by molar-refractivity contribution is 0.0999. The summed E-state index contributed by atoms with van der Waals surface area (Å²) in [7, 11) is 3.02. The van der Waals surface area contributed by atoms with Gasteiger partial charge >= 0.3 is 0 Å². The second kappa shape index (κ2) is 6.87. The van der Waals surface area contributed by atoms with E-state index in [2.05, 4.69) is 6.92 Å². The zero-order valence-corrected chi connectivity index (χ0v) is 11.9. The molecule has 0 bridgehead atoms. The number of hydrogen-bond donors (Lipinski definition) is 1. The van der Waals surface area contributed by atoms with Crippen molar-refractivity contribution in [2.75, 3.05) is 14.2 Å². The lowest BCUT2D eigenvalue weighted by atomic mass is 10.1. The average Bonchev–Trinajstić information content (AvgIpc) is 2.38. The molecule has 0 saturated carbocycles.